The first-order chi connectivity index (χ1) is 16.7. The number of fused-ring (bicyclic) bond motifs is 2. The van der Waals surface area contributed by atoms with Crippen LogP contribution in [0.5, 0.6) is 0 Å². The molecule has 0 saturated heterocycles. The topological polar surface area (TPSA) is 91.2 Å². The second-order valence-electron chi connectivity index (χ2n) is 8.56. The molecule has 5 aromatic rings. The van der Waals surface area contributed by atoms with Crippen molar-refractivity contribution in [3.8, 4) is 11.1 Å². The van der Waals surface area contributed by atoms with Gasteiger partial charge in [0.25, 0.3) is 5.91 Å². The molecule has 0 fully saturated rings. The summed E-state index contributed by atoms with van der Waals surface area (Å²) in [5, 5.41) is 8.30. The van der Waals surface area contributed by atoms with Crippen LogP contribution in [0, 0.1) is 0 Å². The van der Waals surface area contributed by atoms with Crippen molar-refractivity contribution in [2.24, 2.45) is 0 Å². The number of carbonyl (C=O) groups is 1. The maximum atomic E-state index is 12.9. The molecule has 0 atom stereocenters. The number of aromatic nitrogens is 5. The van der Waals surface area contributed by atoms with Crippen molar-refractivity contribution in [2.75, 3.05) is 25.5 Å². The second kappa shape index (κ2) is 8.24. The average molecular weight is 450 g/mol. The number of hydrogen-bond acceptors (Lipinski definition) is 5. The number of likely N-dealkylation sites (N-methyl/N-ethyl adjacent to an activating group) is 1. The predicted molar refractivity (Wildman–Crippen MR) is 133 cm³/mol. The van der Waals surface area contributed by atoms with Crippen molar-refractivity contribution in [2.45, 2.75) is 6.42 Å². The molecule has 6 rings (SSSR count). The van der Waals surface area contributed by atoms with E-state index in [1.54, 1.807) is 35.2 Å². The maximum Gasteiger partial charge on any atom is 0.259 e. The molecule has 0 unspecified atom stereocenters. The molecule has 5 aromatic heterocycles. The number of aromatic amines is 1. The summed E-state index contributed by atoms with van der Waals surface area (Å²) in [6.45, 7) is 2.00. The summed E-state index contributed by atoms with van der Waals surface area (Å²) >= 11 is 0. The number of carbonyl (C=O) groups excluding carboxylic acids is 1. The minimum atomic E-state index is -0.225. The van der Waals surface area contributed by atoms with Crippen molar-refractivity contribution >= 4 is 33.7 Å². The Kier molecular flexibility index (Phi) is 4.92. The number of rotatable bonds is 4. The van der Waals surface area contributed by atoms with E-state index in [0.29, 0.717) is 11.3 Å². The van der Waals surface area contributed by atoms with Gasteiger partial charge in [-0.25, -0.2) is 9.50 Å². The van der Waals surface area contributed by atoms with Gasteiger partial charge in [-0.3, -0.25) is 9.78 Å². The molecule has 2 N–H and O–H groups in total. The van der Waals surface area contributed by atoms with Gasteiger partial charge in [0, 0.05) is 48.8 Å². The third kappa shape index (κ3) is 3.64. The zero-order valence-corrected chi connectivity index (χ0v) is 18.7. The SMILES string of the molecule is CN1CC=C(c2cnc3[nH]cc(-c4ccn5ncc(C(=O)Nc6cccnc6)c5c4)c3c2)CC1. The Hall–Kier alpha value is -4.30. The molecule has 0 saturated carbocycles. The van der Waals surface area contributed by atoms with Crippen molar-refractivity contribution in [1.29, 1.82) is 0 Å². The summed E-state index contributed by atoms with van der Waals surface area (Å²) in [6, 6.07) is 9.80. The Labute approximate surface area is 196 Å². The highest BCUT2D eigenvalue weighted by atomic mass is 16.1. The highest BCUT2D eigenvalue weighted by Gasteiger charge is 2.16. The van der Waals surface area contributed by atoms with E-state index in [2.05, 4.69) is 49.5 Å². The Balaban J connectivity index is 1.38. The van der Waals surface area contributed by atoms with E-state index >= 15 is 0 Å². The molecule has 1 aliphatic rings. The van der Waals surface area contributed by atoms with Crippen LogP contribution in [0.3, 0.4) is 0 Å². The van der Waals surface area contributed by atoms with Crippen molar-refractivity contribution in [3.63, 3.8) is 0 Å². The smallest absolute Gasteiger partial charge is 0.259 e. The molecule has 0 spiro atoms. The van der Waals surface area contributed by atoms with Gasteiger partial charge >= 0.3 is 0 Å². The van der Waals surface area contributed by atoms with E-state index in [0.717, 1.165) is 52.8 Å². The first-order valence-corrected chi connectivity index (χ1v) is 11.2. The van der Waals surface area contributed by atoms with Gasteiger partial charge in [0.15, 0.2) is 0 Å². The van der Waals surface area contributed by atoms with Crippen LogP contribution < -0.4 is 5.32 Å². The van der Waals surface area contributed by atoms with E-state index in [1.165, 1.54) is 5.57 Å². The minimum absolute atomic E-state index is 0.225. The number of nitrogens with one attached hydrogen (secondary N) is 2. The van der Waals surface area contributed by atoms with Crippen molar-refractivity contribution in [3.05, 3.63) is 84.7 Å². The van der Waals surface area contributed by atoms with Crippen LogP contribution in [-0.2, 0) is 0 Å². The highest BCUT2D eigenvalue weighted by Crippen LogP contribution is 2.32. The van der Waals surface area contributed by atoms with Gasteiger partial charge in [-0.05, 0) is 60.5 Å². The zero-order valence-electron chi connectivity index (χ0n) is 18.7. The summed E-state index contributed by atoms with van der Waals surface area (Å²) in [5.74, 6) is -0.225. The minimum Gasteiger partial charge on any atom is -0.346 e. The van der Waals surface area contributed by atoms with Gasteiger partial charge in [0.2, 0.25) is 0 Å². The largest absolute Gasteiger partial charge is 0.346 e. The lowest BCUT2D eigenvalue weighted by molar-refractivity contribution is 0.102. The van der Waals surface area contributed by atoms with E-state index in [-0.39, 0.29) is 5.91 Å². The Morgan fingerprint density at radius 1 is 1.15 bits per heavy atom. The summed E-state index contributed by atoms with van der Waals surface area (Å²) in [7, 11) is 2.14. The van der Waals surface area contributed by atoms with E-state index in [4.69, 9.17) is 0 Å². The molecular formula is C26H23N7O. The molecule has 0 aliphatic carbocycles. The Morgan fingerprint density at radius 2 is 2.09 bits per heavy atom. The number of hydrogen-bond donors (Lipinski definition) is 2. The van der Waals surface area contributed by atoms with Gasteiger partial charge in [-0.2, -0.15) is 5.10 Å². The number of H-pyrrole nitrogens is 1. The van der Waals surface area contributed by atoms with Crippen molar-refractivity contribution in [1.82, 2.24) is 29.5 Å². The average Bonchev–Trinajstić information content (AvgIpc) is 3.48. The lowest BCUT2D eigenvalue weighted by Crippen LogP contribution is -2.23. The fourth-order valence-corrected chi connectivity index (χ4v) is 4.41. The molecule has 8 heteroatoms. The molecule has 6 heterocycles. The fraction of sp³-hybridized carbons (Fsp3) is 0.154. The van der Waals surface area contributed by atoms with Gasteiger partial charge in [0.1, 0.15) is 5.65 Å². The van der Waals surface area contributed by atoms with Crippen LogP contribution in [0.1, 0.15) is 22.3 Å². The monoisotopic (exact) mass is 449 g/mol. The normalized spacial score (nSPS) is 14.4. The molecule has 1 aliphatic heterocycles. The van der Waals surface area contributed by atoms with E-state index in [1.807, 2.05) is 30.7 Å². The summed E-state index contributed by atoms with van der Waals surface area (Å²) < 4.78 is 1.71. The van der Waals surface area contributed by atoms with Crippen LogP contribution in [0.2, 0.25) is 0 Å². The summed E-state index contributed by atoms with van der Waals surface area (Å²) in [5.41, 5.74) is 7.24. The van der Waals surface area contributed by atoms with Gasteiger partial charge in [0.05, 0.1) is 29.2 Å². The lowest BCUT2D eigenvalue weighted by atomic mass is 9.98. The summed E-state index contributed by atoms with van der Waals surface area (Å²) in [6.07, 6.45) is 14.0. The third-order valence-corrected chi connectivity index (χ3v) is 6.31. The van der Waals surface area contributed by atoms with Crippen LogP contribution >= 0.6 is 0 Å². The molecular weight excluding hydrogens is 426 g/mol. The van der Waals surface area contributed by atoms with Crippen LogP contribution in [0.15, 0.2) is 73.6 Å². The van der Waals surface area contributed by atoms with Crippen molar-refractivity contribution < 1.29 is 4.79 Å². The van der Waals surface area contributed by atoms with Crippen LogP contribution in [0.25, 0.3) is 33.3 Å². The molecule has 34 heavy (non-hydrogen) atoms. The standard InChI is InChI=1S/C26H23N7O/c1-32-8-4-17(5-9-32)19-11-21-22(15-29-25(21)28-13-19)18-6-10-33-24(12-18)23(16-30-33)26(34)31-20-3-2-7-27-14-20/h2-4,6-7,10-16H,5,8-9H2,1H3,(H,28,29)(H,31,34). The van der Waals surface area contributed by atoms with E-state index in [9.17, 15) is 4.79 Å². The highest BCUT2D eigenvalue weighted by molar-refractivity contribution is 6.09. The van der Waals surface area contributed by atoms with Gasteiger partial charge in [-0.1, -0.05) is 6.08 Å². The fourth-order valence-electron chi connectivity index (χ4n) is 4.41. The van der Waals surface area contributed by atoms with E-state index < -0.39 is 0 Å². The number of amides is 1. The predicted octanol–water partition coefficient (Wildman–Crippen LogP) is 4.24. The number of pyridine rings is 3. The number of anilines is 1. The van der Waals surface area contributed by atoms with Crippen LogP contribution in [0.4, 0.5) is 5.69 Å². The lowest BCUT2D eigenvalue weighted by Gasteiger charge is -2.22. The molecule has 0 radical (unpaired) electrons. The van der Waals surface area contributed by atoms with Gasteiger partial charge in [-0.15, -0.1) is 0 Å². The third-order valence-electron chi connectivity index (χ3n) is 6.31. The summed E-state index contributed by atoms with van der Waals surface area (Å²) in [4.78, 5) is 27.2. The Bertz CT molecular complexity index is 1550. The Morgan fingerprint density at radius 3 is 2.91 bits per heavy atom. The molecule has 168 valence electrons. The zero-order chi connectivity index (χ0) is 23.1. The first kappa shape index (κ1) is 20.3. The quantitative estimate of drug-likeness (QED) is 0.428. The molecule has 0 bridgehead atoms. The maximum absolute atomic E-state index is 12.9. The molecule has 1 amide bonds. The molecule has 8 nitrogen and oxygen atoms in total. The molecule has 0 aromatic carbocycles. The second-order valence-corrected chi connectivity index (χ2v) is 8.56. The van der Waals surface area contributed by atoms with Gasteiger partial charge < -0.3 is 15.2 Å². The first-order valence-electron chi connectivity index (χ1n) is 11.2. The number of nitrogens with zero attached hydrogens (tertiary/aromatic N) is 5. The van der Waals surface area contributed by atoms with Crippen LogP contribution in [-0.4, -0.2) is 55.5 Å².